The molecule has 0 fully saturated rings. The van der Waals surface area contributed by atoms with Gasteiger partial charge in [-0.1, -0.05) is 32.9 Å². The molecule has 0 aliphatic heterocycles. The fourth-order valence-electron chi connectivity index (χ4n) is 1.84. The molecule has 0 saturated carbocycles. The van der Waals surface area contributed by atoms with Crippen LogP contribution in [-0.2, 0) is 4.74 Å². The van der Waals surface area contributed by atoms with Crippen molar-refractivity contribution in [1.29, 1.82) is 0 Å². The van der Waals surface area contributed by atoms with E-state index in [9.17, 15) is 0 Å². The second-order valence-corrected chi connectivity index (χ2v) is 5.17. The Hall–Kier alpha value is -1.06. The SMILES string of the molecule is CCNC(C)c1cccc(OCCOCC(C)C)c1. The fourth-order valence-corrected chi connectivity index (χ4v) is 1.84. The van der Waals surface area contributed by atoms with Crippen LogP contribution in [-0.4, -0.2) is 26.4 Å². The highest BCUT2D eigenvalue weighted by molar-refractivity contribution is 5.30. The lowest BCUT2D eigenvalue weighted by atomic mass is 10.1. The molecule has 0 radical (unpaired) electrons. The molecule has 0 bridgehead atoms. The monoisotopic (exact) mass is 265 g/mol. The van der Waals surface area contributed by atoms with Gasteiger partial charge in [0.2, 0.25) is 0 Å². The van der Waals surface area contributed by atoms with Crippen LogP contribution >= 0.6 is 0 Å². The molecular weight excluding hydrogens is 238 g/mol. The molecule has 108 valence electrons. The molecule has 1 atom stereocenters. The Labute approximate surface area is 117 Å². The number of hydrogen-bond acceptors (Lipinski definition) is 3. The third kappa shape index (κ3) is 6.60. The van der Waals surface area contributed by atoms with Gasteiger partial charge in [0, 0.05) is 12.6 Å². The van der Waals surface area contributed by atoms with Gasteiger partial charge in [0.15, 0.2) is 0 Å². The van der Waals surface area contributed by atoms with Crippen molar-refractivity contribution in [3.05, 3.63) is 29.8 Å². The summed E-state index contributed by atoms with van der Waals surface area (Å²) in [7, 11) is 0. The Morgan fingerprint density at radius 3 is 2.63 bits per heavy atom. The lowest BCUT2D eigenvalue weighted by molar-refractivity contribution is 0.0818. The summed E-state index contributed by atoms with van der Waals surface area (Å²) in [6.45, 7) is 11.6. The van der Waals surface area contributed by atoms with E-state index in [0.717, 1.165) is 18.9 Å². The normalized spacial score (nSPS) is 12.7. The third-order valence-electron chi connectivity index (χ3n) is 2.82. The van der Waals surface area contributed by atoms with Crippen molar-refractivity contribution in [2.45, 2.75) is 33.7 Å². The number of rotatable bonds is 9. The molecule has 1 unspecified atom stereocenters. The van der Waals surface area contributed by atoms with Crippen LogP contribution in [0.4, 0.5) is 0 Å². The predicted octanol–water partition coefficient (Wildman–Crippen LogP) is 3.41. The summed E-state index contributed by atoms with van der Waals surface area (Å²) in [6, 6.07) is 8.59. The average molecular weight is 265 g/mol. The van der Waals surface area contributed by atoms with Gasteiger partial charge in [-0.3, -0.25) is 0 Å². The molecule has 0 heterocycles. The summed E-state index contributed by atoms with van der Waals surface area (Å²) in [4.78, 5) is 0. The van der Waals surface area contributed by atoms with E-state index in [0.29, 0.717) is 25.2 Å². The van der Waals surface area contributed by atoms with Gasteiger partial charge >= 0.3 is 0 Å². The van der Waals surface area contributed by atoms with E-state index in [1.54, 1.807) is 0 Å². The van der Waals surface area contributed by atoms with Gasteiger partial charge in [-0.25, -0.2) is 0 Å². The van der Waals surface area contributed by atoms with Crippen LogP contribution in [0.1, 0.15) is 39.3 Å². The molecule has 1 aromatic rings. The lowest BCUT2D eigenvalue weighted by Gasteiger charge is -2.14. The van der Waals surface area contributed by atoms with Crippen LogP contribution in [0.15, 0.2) is 24.3 Å². The molecule has 0 spiro atoms. The maximum atomic E-state index is 5.70. The van der Waals surface area contributed by atoms with Crippen LogP contribution in [0, 0.1) is 5.92 Å². The standard InChI is InChI=1S/C16H27NO2/c1-5-17-14(4)15-7-6-8-16(11-15)19-10-9-18-12-13(2)3/h6-8,11,13-14,17H,5,9-10,12H2,1-4H3. The van der Waals surface area contributed by atoms with Crippen molar-refractivity contribution in [2.24, 2.45) is 5.92 Å². The molecule has 1 rings (SSSR count). The molecule has 1 N–H and O–H groups in total. The summed E-state index contributed by atoms with van der Waals surface area (Å²) in [5.41, 5.74) is 1.25. The van der Waals surface area contributed by atoms with Crippen molar-refractivity contribution >= 4 is 0 Å². The number of benzene rings is 1. The Balaban J connectivity index is 2.35. The highest BCUT2D eigenvalue weighted by Crippen LogP contribution is 2.18. The molecule has 0 amide bonds. The maximum absolute atomic E-state index is 5.70. The number of ether oxygens (including phenoxy) is 2. The first-order chi connectivity index (χ1) is 9.13. The van der Waals surface area contributed by atoms with Crippen molar-refractivity contribution in [3.8, 4) is 5.75 Å². The van der Waals surface area contributed by atoms with Gasteiger partial charge in [0.1, 0.15) is 12.4 Å². The van der Waals surface area contributed by atoms with Gasteiger partial charge < -0.3 is 14.8 Å². The van der Waals surface area contributed by atoms with Crippen LogP contribution in [0.5, 0.6) is 5.75 Å². The number of hydrogen-bond donors (Lipinski definition) is 1. The van der Waals surface area contributed by atoms with E-state index < -0.39 is 0 Å². The van der Waals surface area contributed by atoms with Crippen LogP contribution in [0.2, 0.25) is 0 Å². The molecule has 0 aliphatic rings. The van der Waals surface area contributed by atoms with E-state index in [2.05, 4.69) is 45.1 Å². The van der Waals surface area contributed by atoms with E-state index >= 15 is 0 Å². The van der Waals surface area contributed by atoms with E-state index in [-0.39, 0.29) is 0 Å². The third-order valence-corrected chi connectivity index (χ3v) is 2.82. The Morgan fingerprint density at radius 1 is 1.16 bits per heavy atom. The Morgan fingerprint density at radius 2 is 1.95 bits per heavy atom. The second kappa shape index (κ2) is 8.94. The van der Waals surface area contributed by atoms with Gasteiger partial charge in [0.05, 0.1) is 6.61 Å². The largest absolute Gasteiger partial charge is 0.491 e. The molecule has 0 aromatic heterocycles. The quantitative estimate of drug-likeness (QED) is 0.694. The first-order valence-electron chi connectivity index (χ1n) is 7.17. The van der Waals surface area contributed by atoms with Crippen molar-refractivity contribution in [1.82, 2.24) is 5.32 Å². The molecule has 1 aromatic carbocycles. The summed E-state index contributed by atoms with van der Waals surface area (Å²) in [6.07, 6.45) is 0. The van der Waals surface area contributed by atoms with Crippen LogP contribution in [0.25, 0.3) is 0 Å². The fraction of sp³-hybridized carbons (Fsp3) is 0.625. The zero-order chi connectivity index (χ0) is 14.1. The van der Waals surface area contributed by atoms with Crippen LogP contribution in [0.3, 0.4) is 0 Å². The van der Waals surface area contributed by atoms with E-state index in [4.69, 9.17) is 9.47 Å². The van der Waals surface area contributed by atoms with Crippen LogP contribution < -0.4 is 10.1 Å². The Kier molecular flexibility index (Phi) is 7.53. The summed E-state index contributed by atoms with van der Waals surface area (Å²) >= 11 is 0. The zero-order valence-electron chi connectivity index (χ0n) is 12.6. The zero-order valence-corrected chi connectivity index (χ0v) is 12.6. The van der Waals surface area contributed by atoms with Crippen molar-refractivity contribution in [3.63, 3.8) is 0 Å². The van der Waals surface area contributed by atoms with Gasteiger partial charge in [-0.2, -0.15) is 0 Å². The molecule has 0 aliphatic carbocycles. The summed E-state index contributed by atoms with van der Waals surface area (Å²) in [5.74, 6) is 1.49. The van der Waals surface area contributed by atoms with E-state index in [1.165, 1.54) is 5.56 Å². The predicted molar refractivity (Wildman–Crippen MR) is 79.7 cm³/mol. The molecular formula is C16H27NO2. The first-order valence-corrected chi connectivity index (χ1v) is 7.17. The Bertz CT molecular complexity index is 352. The maximum Gasteiger partial charge on any atom is 0.119 e. The van der Waals surface area contributed by atoms with Gasteiger partial charge in [-0.05, 0) is 37.1 Å². The lowest BCUT2D eigenvalue weighted by Crippen LogP contribution is -2.17. The van der Waals surface area contributed by atoms with Crippen molar-refractivity contribution in [2.75, 3.05) is 26.4 Å². The van der Waals surface area contributed by atoms with Gasteiger partial charge in [0.25, 0.3) is 0 Å². The van der Waals surface area contributed by atoms with E-state index in [1.807, 2.05) is 12.1 Å². The minimum atomic E-state index is 0.353. The van der Waals surface area contributed by atoms with Gasteiger partial charge in [-0.15, -0.1) is 0 Å². The van der Waals surface area contributed by atoms with Crippen molar-refractivity contribution < 1.29 is 9.47 Å². The highest BCUT2D eigenvalue weighted by Gasteiger charge is 2.04. The minimum Gasteiger partial charge on any atom is -0.491 e. The highest BCUT2D eigenvalue weighted by atomic mass is 16.5. The number of nitrogens with one attached hydrogen (secondary N) is 1. The second-order valence-electron chi connectivity index (χ2n) is 5.17. The average Bonchev–Trinajstić information content (AvgIpc) is 2.38. The minimum absolute atomic E-state index is 0.353. The molecule has 3 heteroatoms. The molecule has 19 heavy (non-hydrogen) atoms. The summed E-state index contributed by atoms with van der Waals surface area (Å²) in [5, 5.41) is 3.40. The molecule has 3 nitrogen and oxygen atoms in total. The summed E-state index contributed by atoms with van der Waals surface area (Å²) < 4.78 is 11.2. The molecule has 0 saturated heterocycles. The first kappa shape index (κ1) is 16.0. The topological polar surface area (TPSA) is 30.5 Å². The smallest absolute Gasteiger partial charge is 0.119 e.